The van der Waals surface area contributed by atoms with Gasteiger partial charge >= 0.3 is 0 Å². The molecular weight excluding hydrogens is 296 g/mol. The Hall–Kier alpha value is -2.95. The van der Waals surface area contributed by atoms with Crippen molar-refractivity contribution in [3.63, 3.8) is 0 Å². The number of methoxy groups -OCH3 is 1. The Morgan fingerprint density at radius 2 is 1.87 bits per heavy atom. The highest BCUT2D eigenvalue weighted by Gasteiger charge is 2.26. The molecule has 0 fully saturated rings. The molecule has 1 aliphatic heterocycles. The zero-order chi connectivity index (χ0) is 16.6. The smallest absolute Gasteiger partial charge is 0.193 e. The van der Waals surface area contributed by atoms with Crippen molar-refractivity contribution < 1.29 is 24.5 Å². The van der Waals surface area contributed by atoms with Gasteiger partial charge in [-0.25, -0.2) is 0 Å². The molecule has 0 radical (unpaired) electrons. The summed E-state index contributed by atoms with van der Waals surface area (Å²) in [5.74, 6) is 0.259. The van der Waals surface area contributed by atoms with Crippen molar-refractivity contribution in [2.24, 2.45) is 0 Å². The molecule has 3 rings (SSSR count). The topological polar surface area (TPSA) is 76.0 Å². The van der Waals surface area contributed by atoms with E-state index < -0.39 is 0 Å². The summed E-state index contributed by atoms with van der Waals surface area (Å²) in [6, 6.07) is 7.94. The van der Waals surface area contributed by atoms with E-state index in [1.165, 1.54) is 31.4 Å². The van der Waals surface area contributed by atoms with E-state index in [0.29, 0.717) is 11.3 Å². The number of hydrogen-bond donors (Lipinski definition) is 2. The minimum absolute atomic E-state index is 0.0984. The summed E-state index contributed by atoms with van der Waals surface area (Å²) < 4.78 is 11.1. The normalized spacial score (nSPS) is 13.7. The number of fused-ring (bicyclic) bond motifs is 1. The predicted molar refractivity (Wildman–Crippen MR) is 85.3 cm³/mol. The highest BCUT2D eigenvalue weighted by molar-refractivity contribution is 6.10. The van der Waals surface area contributed by atoms with E-state index in [1.54, 1.807) is 19.1 Å². The van der Waals surface area contributed by atoms with Crippen LogP contribution in [0.1, 0.15) is 17.3 Å². The molecule has 5 nitrogen and oxygen atoms in total. The minimum atomic E-state index is -0.317. The average molecular weight is 312 g/mol. The molecule has 0 aliphatic carbocycles. The van der Waals surface area contributed by atoms with Gasteiger partial charge in [-0.15, -0.1) is 0 Å². The quantitative estimate of drug-likeness (QED) is 0.890. The van der Waals surface area contributed by atoms with Gasteiger partial charge in [0.2, 0.25) is 0 Å². The number of allylic oxidation sites excluding steroid dienone is 1. The summed E-state index contributed by atoms with van der Waals surface area (Å²) in [6.45, 7) is 2.03. The maximum Gasteiger partial charge on any atom is 0.193 e. The Labute approximate surface area is 133 Å². The number of carbonyl (C=O) groups is 1. The van der Waals surface area contributed by atoms with Gasteiger partial charge in [-0.05, 0) is 42.3 Å². The first-order chi connectivity index (χ1) is 11.0. The highest BCUT2D eigenvalue weighted by atomic mass is 16.5. The number of carbonyl (C=O) groups excluding carboxylic acids is 1. The summed E-state index contributed by atoms with van der Waals surface area (Å²) in [6.07, 6.45) is 1.45. The van der Waals surface area contributed by atoms with Gasteiger partial charge in [-0.1, -0.05) is 12.1 Å². The van der Waals surface area contributed by atoms with Crippen LogP contribution in [0.15, 0.2) is 42.0 Å². The van der Waals surface area contributed by atoms with Gasteiger partial charge in [0.1, 0.15) is 23.7 Å². The van der Waals surface area contributed by atoms with Crippen molar-refractivity contribution in [2.45, 2.75) is 6.92 Å². The summed E-state index contributed by atoms with van der Waals surface area (Å²) >= 11 is 0. The van der Waals surface area contributed by atoms with Crippen LogP contribution in [-0.2, 0) is 0 Å². The van der Waals surface area contributed by atoms with Gasteiger partial charge < -0.3 is 19.7 Å². The predicted octanol–water partition coefficient (Wildman–Crippen LogP) is 3.29. The van der Waals surface area contributed by atoms with Crippen molar-refractivity contribution in [1.29, 1.82) is 0 Å². The van der Waals surface area contributed by atoms with Crippen LogP contribution < -0.4 is 9.47 Å². The molecule has 0 saturated heterocycles. The third-order valence-electron chi connectivity index (χ3n) is 3.67. The fourth-order valence-electron chi connectivity index (χ4n) is 2.58. The largest absolute Gasteiger partial charge is 0.508 e. The Balaban J connectivity index is 2.24. The molecule has 0 atom stereocenters. The first-order valence-electron chi connectivity index (χ1n) is 7.09. The Morgan fingerprint density at radius 1 is 1.17 bits per heavy atom. The molecule has 1 aliphatic rings. The van der Waals surface area contributed by atoms with E-state index in [-0.39, 0.29) is 35.2 Å². The molecular formula is C18H16O5. The number of hydrogen-bond acceptors (Lipinski definition) is 5. The third kappa shape index (κ3) is 2.61. The molecule has 0 aromatic heterocycles. The maximum absolute atomic E-state index is 12.3. The molecule has 2 aromatic carbocycles. The second-order valence-corrected chi connectivity index (χ2v) is 5.37. The summed E-state index contributed by atoms with van der Waals surface area (Å²) in [7, 11) is 1.48. The monoisotopic (exact) mass is 312 g/mol. The number of ether oxygens (including phenoxy) is 2. The van der Waals surface area contributed by atoms with Crippen LogP contribution in [-0.4, -0.2) is 29.7 Å². The van der Waals surface area contributed by atoms with Crippen LogP contribution in [0.3, 0.4) is 0 Å². The second-order valence-electron chi connectivity index (χ2n) is 5.37. The van der Waals surface area contributed by atoms with Gasteiger partial charge in [0, 0.05) is 5.56 Å². The lowest BCUT2D eigenvalue weighted by Crippen LogP contribution is -2.03. The molecule has 0 saturated carbocycles. The van der Waals surface area contributed by atoms with Crippen LogP contribution in [0.4, 0.5) is 0 Å². The molecule has 0 amide bonds. The minimum Gasteiger partial charge on any atom is -0.508 e. The van der Waals surface area contributed by atoms with E-state index in [2.05, 4.69) is 0 Å². The Bertz CT molecular complexity index is 803. The fraction of sp³-hybridized carbons (Fsp3) is 0.167. The number of phenols is 2. The Morgan fingerprint density at radius 3 is 2.52 bits per heavy atom. The molecule has 0 spiro atoms. The number of aromatic hydroxyl groups is 2. The number of phenolic OH excluding ortho intramolecular Hbond substituents is 2. The molecule has 2 N–H and O–H groups in total. The Kier molecular flexibility index (Phi) is 3.70. The van der Waals surface area contributed by atoms with Crippen LogP contribution in [0.25, 0.3) is 11.1 Å². The molecule has 0 unspecified atom stereocenters. The maximum atomic E-state index is 12.3. The van der Waals surface area contributed by atoms with Crippen LogP contribution in [0, 0.1) is 0 Å². The standard InChI is InChI=1S/C18H16O5/c1-10-7-14(20)16-15(21)8-13(11-3-5-12(19)6-4-11)17(22-2)18(16)23-9-10/h3-8,19,21H,9H2,1-2H3. The zero-order valence-electron chi connectivity index (χ0n) is 12.8. The van der Waals surface area contributed by atoms with Crippen LogP contribution in [0.2, 0.25) is 0 Å². The lowest BCUT2D eigenvalue weighted by molar-refractivity contribution is 0.104. The highest BCUT2D eigenvalue weighted by Crippen LogP contribution is 2.46. The van der Waals surface area contributed by atoms with E-state index in [0.717, 1.165) is 11.1 Å². The first-order valence-corrected chi connectivity index (χ1v) is 7.09. The van der Waals surface area contributed by atoms with E-state index >= 15 is 0 Å². The number of ketones is 1. The molecule has 23 heavy (non-hydrogen) atoms. The first kappa shape index (κ1) is 15.0. The van der Waals surface area contributed by atoms with Gasteiger partial charge in [-0.3, -0.25) is 4.79 Å². The van der Waals surface area contributed by atoms with Crippen LogP contribution in [0.5, 0.6) is 23.0 Å². The molecule has 0 bridgehead atoms. The lowest BCUT2D eigenvalue weighted by Gasteiger charge is -2.17. The van der Waals surface area contributed by atoms with Crippen LogP contribution >= 0.6 is 0 Å². The van der Waals surface area contributed by atoms with Crippen molar-refractivity contribution in [3.8, 4) is 34.1 Å². The number of benzene rings is 2. The summed E-state index contributed by atoms with van der Waals surface area (Å²) in [5, 5.41) is 19.7. The summed E-state index contributed by atoms with van der Waals surface area (Å²) in [4.78, 5) is 12.3. The SMILES string of the molecule is COc1c(-c2ccc(O)cc2)cc(O)c2c1OCC(C)=CC2=O. The lowest BCUT2D eigenvalue weighted by atomic mass is 9.98. The average Bonchev–Trinajstić information content (AvgIpc) is 2.67. The molecule has 118 valence electrons. The third-order valence-corrected chi connectivity index (χ3v) is 3.67. The van der Waals surface area contributed by atoms with Crippen molar-refractivity contribution in [3.05, 3.63) is 47.5 Å². The van der Waals surface area contributed by atoms with Crippen molar-refractivity contribution in [1.82, 2.24) is 0 Å². The van der Waals surface area contributed by atoms with Gasteiger partial charge in [0.05, 0.1) is 7.11 Å². The van der Waals surface area contributed by atoms with Gasteiger partial charge in [0.25, 0.3) is 0 Å². The molecule has 1 heterocycles. The van der Waals surface area contributed by atoms with Crippen molar-refractivity contribution >= 4 is 5.78 Å². The van der Waals surface area contributed by atoms with E-state index in [9.17, 15) is 15.0 Å². The molecule has 5 heteroatoms. The van der Waals surface area contributed by atoms with E-state index in [4.69, 9.17) is 9.47 Å². The molecule has 2 aromatic rings. The van der Waals surface area contributed by atoms with Gasteiger partial charge in [-0.2, -0.15) is 0 Å². The zero-order valence-corrected chi connectivity index (χ0v) is 12.8. The number of rotatable bonds is 2. The van der Waals surface area contributed by atoms with E-state index in [1.807, 2.05) is 0 Å². The fourth-order valence-corrected chi connectivity index (χ4v) is 2.58. The van der Waals surface area contributed by atoms with Gasteiger partial charge in [0.15, 0.2) is 17.3 Å². The second kappa shape index (κ2) is 5.68. The summed E-state index contributed by atoms with van der Waals surface area (Å²) in [5.41, 5.74) is 2.17. The van der Waals surface area contributed by atoms with Crippen molar-refractivity contribution in [2.75, 3.05) is 13.7 Å².